The Hall–Kier alpha value is 0.270. The lowest BCUT2D eigenvalue weighted by molar-refractivity contribution is 0.184. The van der Waals surface area contributed by atoms with Crippen molar-refractivity contribution in [3.63, 3.8) is 0 Å². The standard InChI is InChI=1S/C13H28N2S/c1-12(2)10-13-11-15(8-6-14-13)7-4-5-9-16-3/h12-14H,4-11H2,1-3H3. The van der Waals surface area contributed by atoms with Crippen LogP contribution < -0.4 is 5.32 Å². The molecule has 0 spiro atoms. The summed E-state index contributed by atoms with van der Waals surface area (Å²) in [7, 11) is 0. The Bertz CT molecular complexity index is 173. The fourth-order valence-corrected chi connectivity index (χ4v) is 2.90. The molecule has 1 aliphatic rings. The summed E-state index contributed by atoms with van der Waals surface area (Å²) in [6.45, 7) is 9.63. The minimum Gasteiger partial charge on any atom is -0.311 e. The first-order valence-electron chi connectivity index (χ1n) is 6.67. The maximum atomic E-state index is 3.64. The summed E-state index contributed by atoms with van der Waals surface area (Å²) < 4.78 is 0. The molecule has 1 rings (SSSR count). The number of rotatable bonds is 7. The average molecular weight is 244 g/mol. The monoisotopic (exact) mass is 244 g/mol. The van der Waals surface area contributed by atoms with Crippen LogP contribution in [0.4, 0.5) is 0 Å². The molecule has 1 saturated heterocycles. The Kier molecular flexibility index (Phi) is 7.50. The zero-order chi connectivity index (χ0) is 11.8. The van der Waals surface area contributed by atoms with Crippen LogP contribution in [0.5, 0.6) is 0 Å². The van der Waals surface area contributed by atoms with Crippen molar-refractivity contribution in [3.8, 4) is 0 Å². The van der Waals surface area contributed by atoms with E-state index in [0.29, 0.717) is 0 Å². The Morgan fingerprint density at radius 1 is 1.38 bits per heavy atom. The predicted molar refractivity (Wildman–Crippen MR) is 75.3 cm³/mol. The highest BCUT2D eigenvalue weighted by Crippen LogP contribution is 2.10. The normalized spacial score (nSPS) is 22.9. The summed E-state index contributed by atoms with van der Waals surface area (Å²) in [6, 6.07) is 0.731. The van der Waals surface area contributed by atoms with E-state index in [9.17, 15) is 0 Å². The van der Waals surface area contributed by atoms with E-state index in [0.717, 1.165) is 12.0 Å². The van der Waals surface area contributed by atoms with E-state index < -0.39 is 0 Å². The van der Waals surface area contributed by atoms with Gasteiger partial charge >= 0.3 is 0 Å². The fraction of sp³-hybridized carbons (Fsp3) is 1.00. The second-order valence-electron chi connectivity index (χ2n) is 5.28. The highest BCUT2D eigenvalue weighted by Gasteiger charge is 2.19. The van der Waals surface area contributed by atoms with Crippen LogP contribution in [0.25, 0.3) is 0 Å². The number of hydrogen-bond acceptors (Lipinski definition) is 3. The van der Waals surface area contributed by atoms with Crippen LogP contribution in [0.15, 0.2) is 0 Å². The molecule has 1 atom stereocenters. The predicted octanol–water partition coefficient (Wildman–Crippen LogP) is 2.45. The highest BCUT2D eigenvalue weighted by atomic mass is 32.2. The van der Waals surface area contributed by atoms with Gasteiger partial charge in [0.2, 0.25) is 0 Å². The van der Waals surface area contributed by atoms with Gasteiger partial charge in [0.05, 0.1) is 0 Å². The van der Waals surface area contributed by atoms with E-state index in [1.54, 1.807) is 0 Å². The Morgan fingerprint density at radius 2 is 2.19 bits per heavy atom. The largest absolute Gasteiger partial charge is 0.311 e. The van der Waals surface area contributed by atoms with Gasteiger partial charge in [-0.05, 0) is 43.7 Å². The molecule has 1 aliphatic heterocycles. The lowest BCUT2D eigenvalue weighted by atomic mass is 10.0. The van der Waals surface area contributed by atoms with Crippen molar-refractivity contribution in [1.82, 2.24) is 10.2 Å². The van der Waals surface area contributed by atoms with Gasteiger partial charge < -0.3 is 10.2 Å². The van der Waals surface area contributed by atoms with Crippen LogP contribution in [0.1, 0.15) is 33.1 Å². The van der Waals surface area contributed by atoms with Crippen LogP contribution in [0.2, 0.25) is 0 Å². The van der Waals surface area contributed by atoms with Crippen molar-refractivity contribution in [2.24, 2.45) is 5.92 Å². The Morgan fingerprint density at radius 3 is 2.88 bits per heavy atom. The first-order valence-corrected chi connectivity index (χ1v) is 8.06. The molecule has 1 unspecified atom stereocenters. The smallest absolute Gasteiger partial charge is 0.0197 e. The zero-order valence-corrected chi connectivity index (χ0v) is 12.0. The van der Waals surface area contributed by atoms with E-state index in [-0.39, 0.29) is 0 Å². The van der Waals surface area contributed by atoms with Gasteiger partial charge in [-0.3, -0.25) is 0 Å². The first kappa shape index (κ1) is 14.3. The molecule has 1 heterocycles. The number of piperazine rings is 1. The summed E-state index contributed by atoms with van der Waals surface area (Å²) in [5.41, 5.74) is 0. The van der Waals surface area contributed by atoms with Gasteiger partial charge in [0.1, 0.15) is 0 Å². The van der Waals surface area contributed by atoms with E-state index >= 15 is 0 Å². The highest BCUT2D eigenvalue weighted by molar-refractivity contribution is 7.98. The van der Waals surface area contributed by atoms with Crippen molar-refractivity contribution in [1.29, 1.82) is 0 Å². The maximum absolute atomic E-state index is 3.64. The van der Waals surface area contributed by atoms with Crippen LogP contribution in [0.3, 0.4) is 0 Å². The summed E-state index contributed by atoms with van der Waals surface area (Å²) in [4.78, 5) is 2.64. The van der Waals surface area contributed by atoms with Gasteiger partial charge in [0.15, 0.2) is 0 Å². The molecule has 0 amide bonds. The summed E-state index contributed by atoms with van der Waals surface area (Å²) >= 11 is 1.97. The number of hydrogen-bond donors (Lipinski definition) is 1. The molecule has 16 heavy (non-hydrogen) atoms. The van der Waals surface area contributed by atoms with Crippen molar-refractivity contribution >= 4 is 11.8 Å². The van der Waals surface area contributed by atoms with Gasteiger partial charge in [-0.2, -0.15) is 11.8 Å². The molecule has 1 fully saturated rings. The second kappa shape index (κ2) is 8.37. The molecule has 96 valence electrons. The molecule has 0 saturated carbocycles. The molecule has 0 aromatic heterocycles. The van der Waals surface area contributed by atoms with E-state index in [1.807, 2.05) is 11.8 Å². The van der Waals surface area contributed by atoms with E-state index in [1.165, 1.54) is 51.2 Å². The molecule has 1 N–H and O–H groups in total. The average Bonchev–Trinajstić information content (AvgIpc) is 2.24. The minimum absolute atomic E-state index is 0.731. The Balaban J connectivity index is 2.12. The minimum atomic E-state index is 0.731. The fourth-order valence-electron chi connectivity index (χ4n) is 2.41. The summed E-state index contributed by atoms with van der Waals surface area (Å²) in [5, 5.41) is 3.64. The second-order valence-corrected chi connectivity index (χ2v) is 6.27. The van der Waals surface area contributed by atoms with Gasteiger partial charge in [-0.25, -0.2) is 0 Å². The van der Waals surface area contributed by atoms with Crippen molar-refractivity contribution < 1.29 is 0 Å². The van der Waals surface area contributed by atoms with E-state index in [4.69, 9.17) is 0 Å². The van der Waals surface area contributed by atoms with Gasteiger partial charge in [0, 0.05) is 25.7 Å². The molecular formula is C13H28N2S. The third-order valence-electron chi connectivity index (χ3n) is 3.17. The maximum Gasteiger partial charge on any atom is 0.0197 e. The van der Waals surface area contributed by atoms with Gasteiger partial charge in [0.25, 0.3) is 0 Å². The van der Waals surface area contributed by atoms with Crippen molar-refractivity contribution in [2.75, 3.05) is 38.2 Å². The third kappa shape index (κ3) is 6.12. The third-order valence-corrected chi connectivity index (χ3v) is 3.87. The first-order chi connectivity index (χ1) is 7.72. The lowest BCUT2D eigenvalue weighted by Gasteiger charge is -2.34. The lowest BCUT2D eigenvalue weighted by Crippen LogP contribution is -2.51. The van der Waals surface area contributed by atoms with Crippen molar-refractivity contribution in [3.05, 3.63) is 0 Å². The number of unbranched alkanes of at least 4 members (excludes halogenated alkanes) is 1. The number of nitrogens with one attached hydrogen (secondary N) is 1. The molecule has 0 aliphatic carbocycles. The molecular weight excluding hydrogens is 216 g/mol. The van der Waals surface area contributed by atoms with Crippen molar-refractivity contribution in [2.45, 2.75) is 39.2 Å². The number of nitrogens with zero attached hydrogens (tertiary/aromatic N) is 1. The molecule has 0 bridgehead atoms. The molecule has 0 aromatic carbocycles. The van der Waals surface area contributed by atoms with Crippen LogP contribution >= 0.6 is 11.8 Å². The molecule has 3 heteroatoms. The topological polar surface area (TPSA) is 15.3 Å². The SMILES string of the molecule is CSCCCCN1CCNC(CC(C)C)C1. The van der Waals surface area contributed by atoms with Crippen LogP contribution in [-0.2, 0) is 0 Å². The van der Waals surface area contributed by atoms with Crippen LogP contribution in [0, 0.1) is 5.92 Å². The molecule has 0 radical (unpaired) electrons. The van der Waals surface area contributed by atoms with Gasteiger partial charge in [-0.15, -0.1) is 0 Å². The van der Waals surface area contributed by atoms with Crippen LogP contribution in [-0.4, -0.2) is 49.1 Å². The van der Waals surface area contributed by atoms with E-state index in [2.05, 4.69) is 30.3 Å². The zero-order valence-electron chi connectivity index (χ0n) is 11.2. The molecule has 2 nitrogen and oxygen atoms in total. The van der Waals surface area contributed by atoms with Gasteiger partial charge in [-0.1, -0.05) is 13.8 Å². The quantitative estimate of drug-likeness (QED) is 0.693. The summed E-state index contributed by atoms with van der Waals surface area (Å²) in [5.74, 6) is 2.13. The summed E-state index contributed by atoms with van der Waals surface area (Å²) in [6.07, 6.45) is 6.26. The Labute approximate surface area is 106 Å². The molecule has 0 aromatic rings. The number of thioether (sulfide) groups is 1.